The Morgan fingerprint density at radius 3 is 3.00 bits per heavy atom. The van der Waals surface area contributed by atoms with Crippen LogP contribution >= 0.6 is 39.5 Å². The molecule has 106 valence electrons. The number of halogens is 1. The molecule has 0 saturated carbocycles. The molecule has 0 fully saturated rings. The van der Waals surface area contributed by atoms with E-state index < -0.39 is 4.92 Å². The summed E-state index contributed by atoms with van der Waals surface area (Å²) < 4.78 is 1.42. The van der Waals surface area contributed by atoms with Crippen LogP contribution in [-0.2, 0) is 4.79 Å². The first-order valence-corrected chi connectivity index (χ1v) is 8.36. The van der Waals surface area contributed by atoms with Gasteiger partial charge in [-0.1, -0.05) is 23.5 Å². The molecule has 1 aliphatic rings. The van der Waals surface area contributed by atoms with E-state index in [0.717, 1.165) is 16.7 Å². The van der Waals surface area contributed by atoms with Crippen molar-refractivity contribution >= 4 is 61.1 Å². The Labute approximate surface area is 132 Å². The number of benzene rings is 1. The summed E-state index contributed by atoms with van der Waals surface area (Å²) in [5.41, 5.74) is 0.489. The van der Waals surface area contributed by atoms with Crippen LogP contribution in [0.1, 0.15) is 0 Å². The van der Waals surface area contributed by atoms with Gasteiger partial charge in [-0.15, -0.1) is 0 Å². The molecule has 9 heteroatoms. The van der Waals surface area contributed by atoms with E-state index in [9.17, 15) is 14.9 Å². The van der Waals surface area contributed by atoms with Gasteiger partial charge >= 0.3 is 0 Å². The van der Waals surface area contributed by atoms with Gasteiger partial charge in [-0.05, 0) is 22.0 Å². The van der Waals surface area contributed by atoms with Crippen LogP contribution in [-0.4, -0.2) is 33.3 Å². The number of anilines is 1. The normalized spacial score (nSPS) is 13.9. The molecule has 0 unspecified atom stereocenters. The number of nitro benzene ring substituents is 1. The number of rotatable bonds is 4. The molecule has 20 heavy (non-hydrogen) atoms. The van der Waals surface area contributed by atoms with Crippen LogP contribution in [0.2, 0.25) is 0 Å². The van der Waals surface area contributed by atoms with Crippen molar-refractivity contribution in [2.24, 2.45) is 4.99 Å². The lowest BCUT2D eigenvalue weighted by Gasteiger charge is -2.07. The number of nitrogens with one attached hydrogen (secondary N) is 1. The lowest BCUT2D eigenvalue weighted by Crippen LogP contribution is -2.15. The molecule has 1 aromatic carbocycles. The number of hydrogen-bond donors (Lipinski definition) is 1. The van der Waals surface area contributed by atoms with Crippen LogP contribution < -0.4 is 5.32 Å². The Kier molecular flexibility index (Phi) is 5.44. The quantitative estimate of drug-likeness (QED) is 0.645. The SMILES string of the molecule is O=C(CSC1=NCCS1)Nc1ccc([N+](=O)[O-])cc1Br. The van der Waals surface area contributed by atoms with Gasteiger partial charge in [0.15, 0.2) is 0 Å². The molecule has 6 nitrogen and oxygen atoms in total. The maximum absolute atomic E-state index is 11.8. The van der Waals surface area contributed by atoms with Gasteiger partial charge in [0.25, 0.3) is 5.69 Å². The molecule has 0 radical (unpaired) electrons. The van der Waals surface area contributed by atoms with Gasteiger partial charge in [0, 0.05) is 22.4 Å². The third-order valence-corrected chi connectivity index (χ3v) is 5.23. The predicted octanol–water partition coefficient (Wildman–Crippen LogP) is 3.13. The van der Waals surface area contributed by atoms with E-state index in [4.69, 9.17) is 0 Å². The molecule has 0 spiro atoms. The highest BCUT2D eigenvalue weighted by Crippen LogP contribution is 2.27. The minimum atomic E-state index is -0.484. The standard InChI is InChI=1S/C11H10BrN3O3S2/c12-8-5-7(15(17)18)1-2-9(8)14-10(16)6-20-11-13-3-4-19-11/h1-2,5H,3-4,6H2,(H,14,16). The van der Waals surface area contributed by atoms with Crippen LogP contribution in [0.15, 0.2) is 27.7 Å². The number of amides is 1. The minimum absolute atomic E-state index is 0.0269. The van der Waals surface area contributed by atoms with Crippen LogP contribution in [0.4, 0.5) is 11.4 Å². The highest BCUT2D eigenvalue weighted by atomic mass is 79.9. The molecular weight excluding hydrogens is 366 g/mol. The van der Waals surface area contributed by atoms with E-state index in [0.29, 0.717) is 10.2 Å². The summed E-state index contributed by atoms with van der Waals surface area (Å²) in [5.74, 6) is 1.08. The number of nitro groups is 1. The van der Waals surface area contributed by atoms with Gasteiger partial charge < -0.3 is 5.32 Å². The van der Waals surface area contributed by atoms with Gasteiger partial charge in [0.2, 0.25) is 5.91 Å². The number of carbonyl (C=O) groups is 1. The summed E-state index contributed by atoms with van der Waals surface area (Å²) >= 11 is 6.26. The second-order valence-corrected chi connectivity index (χ2v) is 6.91. The van der Waals surface area contributed by atoms with Crippen molar-refractivity contribution in [3.8, 4) is 0 Å². The Morgan fingerprint density at radius 1 is 1.60 bits per heavy atom. The zero-order valence-corrected chi connectivity index (χ0v) is 13.4. The molecule has 0 aromatic heterocycles. The predicted molar refractivity (Wildman–Crippen MR) is 86.6 cm³/mol. The zero-order chi connectivity index (χ0) is 14.5. The highest BCUT2D eigenvalue weighted by Gasteiger charge is 2.13. The van der Waals surface area contributed by atoms with E-state index in [-0.39, 0.29) is 17.3 Å². The zero-order valence-electron chi connectivity index (χ0n) is 10.2. The van der Waals surface area contributed by atoms with E-state index in [1.54, 1.807) is 11.8 Å². The topological polar surface area (TPSA) is 84.6 Å². The first kappa shape index (κ1) is 15.3. The Hall–Kier alpha value is -1.06. The van der Waals surface area contributed by atoms with Crippen molar-refractivity contribution in [1.29, 1.82) is 0 Å². The lowest BCUT2D eigenvalue weighted by molar-refractivity contribution is -0.384. The fourth-order valence-electron chi connectivity index (χ4n) is 1.44. The molecule has 0 atom stereocenters. The van der Waals surface area contributed by atoms with Gasteiger partial charge in [-0.2, -0.15) is 0 Å². The number of carbonyl (C=O) groups excluding carboxylic acids is 1. The van der Waals surface area contributed by atoms with Crippen molar-refractivity contribution < 1.29 is 9.72 Å². The molecule has 0 saturated heterocycles. The van der Waals surface area contributed by atoms with E-state index in [1.165, 1.54) is 30.0 Å². The summed E-state index contributed by atoms with van der Waals surface area (Å²) in [6.07, 6.45) is 0. The molecule has 1 heterocycles. The van der Waals surface area contributed by atoms with Crippen molar-refractivity contribution in [3.05, 3.63) is 32.8 Å². The van der Waals surface area contributed by atoms with E-state index in [2.05, 4.69) is 26.2 Å². The first-order valence-electron chi connectivity index (χ1n) is 5.60. The second-order valence-electron chi connectivity index (χ2n) is 3.75. The Morgan fingerprint density at radius 2 is 2.40 bits per heavy atom. The number of hydrogen-bond acceptors (Lipinski definition) is 6. The molecule has 1 amide bonds. The van der Waals surface area contributed by atoms with Crippen molar-refractivity contribution in [2.75, 3.05) is 23.4 Å². The third-order valence-electron chi connectivity index (χ3n) is 2.32. The van der Waals surface area contributed by atoms with Crippen LogP contribution in [0, 0.1) is 10.1 Å². The minimum Gasteiger partial charge on any atom is -0.324 e. The summed E-state index contributed by atoms with van der Waals surface area (Å²) in [6.45, 7) is 0.808. The van der Waals surface area contributed by atoms with E-state index >= 15 is 0 Å². The maximum Gasteiger partial charge on any atom is 0.270 e. The Balaban J connectivity index is 1.92. The van der Waals surface area contributed by atoms with Crippen molar-refractivity contribution in [3.63, 3.8) is 0 Å². The number of non-ortho nitro benzene ring substituents is 1. The van der Waals surface area contributed by atoms with Gasteiger partial charge in [0.1, 0.15) is 4.38 Å². The molecule has 0 bridgehead atoms. The average Bonchev–Trinajstić information content (AvgIpc) is 2.91. The van der Waals surface area contributed by atoms with Crippen molar-refractivity contribution in [1.82, 2.24) is 0 Å². The van der Waals surface area contributed by atoms with Gasteiger partial charge in [0.05, 0.1) is 22.9 Å². The summed E-state index contributed by atoms with van der Waals surface area (Å²) in [7, 11) is 0. The largest absolute Gasteiger partial charge is 0.324 e. The highest BCUT2D eigenvalue weighted by molar-refractivity contribution is 9.10. The van der Waals surface area contributed by atoms with Gasteiger partial charge in [-0.25, -0.2) is 0 Å². The summed E-state index contributed by atoms with van der Waals surface area (Å²) in [5, 5.41) is 13.3. The number of thioether (sulfide) groups is 2. The van der Waals surface area contributed by atoms with Crippen LogP contribution in [0.3, 0.4) is 0 Å². The third kappa shape index (κ3) is 4.22. The van der Waals surface area contributed by atoms with Gasteiger partial charge in [-0.3, -0.25) is 19.9 Å². The average molecular weight is 376 g/mol. The second kappa shape index (κ2) is 7.09. The fourth-order valence-corrected chi connectivity index (χ4v) is 3.71. The monoisotopic (exact) mass is 375 g/mol. The fraction of sp³-hybridized carbons (Fsp3) is 0.273. The molecule has 1 aromatic rings. The first-order chi connectivity index (χ1) is 9.56. The van der Waals surface area contributed by atoms with Crippen molar-refractivity contribution in [2.45, 2.75) is 0 Å². The smallest absolute Gasteiger partial charge is 0.270 e. The van der Waals surface area contributed by atoms with Crippen LogP contribution in [0.25, 0.3) is 0 Å². The number of aliphatic imine (C=N–C) groups is 1. The van der Waals surface area contributed by atoms with Crippen LogP contribution in [0.5, 0.6) is 0 Å². The summed E-state index contributed by atoms with van der Waals surface area (Å²) in [6, 6.07) is 4.22. The molecule has 2 rings (SSSR count). The number of nitrogens with zero attached hydrogens (tertiary/aromatic N) is 2. The maximum atomic E-state index is 11.8. The molecule has 0 aliphatic carbocycles. The lowest BCUT2D eigenvalue weighted by atomic mass is 10.3. The Bertz CT molecular complexity index is 580. The van der Waals surface area contributed by atoms with E-state index in [1.807, 2.05) is 0 Å². The molecule has 1 N–H and O–H groups in total. The molecular formula is C11H10BrN3O3S2. The molecule has 1 aliphatic heterocycles. The summed E-state index contributed by atoms with van der Waals surface area (Å²) in [4.78, 5) is 26.2.